The van der Waals surface area contributed by atoms with Crippen LogP contribution in [0.2, 0.25) is 10.0 Å². The molecule has 9 heteroatoms. The summed E-state index contributed by atoms with van der Waals surface area (Å²) in [5.41, 5.74) is 0.806. The molecule has 30 heavy (non-hydrogen) atoms. The predicted molar refractivity (Wildman–Crippen MR) is 129 cm³/mol. The van der Waals surface area contributed by atoms with Gasteiger partial charge in [0.2, 0.25) is 0 Å². The number of esters is 1. The number of thioether (sulfide) groups is 1. The van der Waals surface area contributed by atoms with Crippen LogP contribution in [0.25, 0.3) is 16.2 Å². The number of nitrogens with zero attached hydrogens (tertiary/aromatic N) is 1. The minimum absolute atomic E-state index is 0.0949. The van der Waals surface area contributed by atoms with Crippen molar-refractivity contribution >= 4 is 90.9 Å². The molecule has 0 spiro atoms. The summed E-state index contributed by atoms with van der Waals surface area (Å²) in [5.74, 6) is -0.249. The second-order valence-corrected chi connectivity index (χ2v) is 9.81. The second-order valence-electron chi connectivity index (χ2n) is 6.27. The normalized spacial score (nSPS) is 15.4. The average Bonchev–Trinajstić information content (AvgIpc) is 3.18. The molecular weight excluding hydrogens is 481 g/mol. The van der Waals surface area contributed by atoms with E-state index in [0.717, 1.165) is 15.6 Å². The maximum atomic E-state index is 12.6. The molecule has 1 fully saturated rings. The quantitative estimate of drug-likeness (QED) is 0.176. The number of halogens is 2. The molecule has 1 aliphatic heterocycles. The summed E-state index contributed by atoms with van der Waals surface area (Å²) < 4.78 is 6.85. The van der Waals surface area contributed by atoms with Crippen LogP contribution in [0, 0.1) is 0 Å². The van der Waals surface area contributed by atoms with Gasteiger partial charge in [0, 0.05) is 21.7 Å². The molecule has 0 unspecified atom stereocenters. The first-order valence-electron chi connectivity index (χ1n) is 8.82. The van der Waals surface area contributed by atoms with Gasteiger partial charge in [-0.15, -0.1) is 11.3 Å². The summed E-state index contributed by atoms with van der Waals surface area (Å²) in [7, 11) is 0. The van der Waals surface area contributed by atoms with E-state index in [0.29, 0.717) is 36.4 Å². The van der Waals surface area contributed by atoms with Gasteiger partial charge in [0.25, 0.3) is 5.91 Å². The van der Waals surface area contributed by atoms with Crippen molar-refractivity contribution < 1.29 is 14.3 Å². The third-order valence-corrected chi connectivity index (χ3v) is 7.61. The molecular formula is C21H13Cl2NO3S3. The van der Waals surface area contributed by atoms with Gasteiger partial charge in [-0.3, -0.25) is 9.69 Å². The van der Waals surface area contributed by atoms with Gasteiger partial charge in [-0.2, -0.15) is 0 Å². The lowest BCUT2D eigenvalue weighted by Crippen LogP contribution is -2.27. The number of amides is 1. The fraction of sp³-hybridized carbons (Fsp3) is 0.0952. The monoisotopic (exact) mass is 493 g/mol. The van der Waals surface area contributed by atoms with Crippen LogP contribution in [0.5, 0.6) is 5.75 Å². The lowest BCUT2D eigenvalue weighted by atomic mass is 10.2. The standard InChI is InChI=1S/C21H13Cl2NO3S3/c1-2-24-19(25)16(30-21(24)28)9-11-3-6-13(7-4-11)27-20(26)18-17(23)14-8-5-12(22)10-15(14)29-18/h3-10H,2H2,1H3. The molecule has 0 aliphatic carbocycles. The van der Waals surface area contributed by atoms with Crippen LogP contribution in [-0.2, 0) is 4.79 Å². The number of hydrogen-bond donors (Lipinski definition) is 0. The smallest absolute Gasteiger partial charge is 0.355 e. The first-order chi connectivity index (χ1) is 14.4. The Morgan fingerprint density at radius 2 is 1.93 bits per heavy atom. The van der Waals surface area contributed by atoms with Crippen LogP contribution in [0.15, 0.2) is 47.4 Å². The molecule has 0 N–H and O–H groups in total. The van der Waals surface area contributed by atoms with Crippen molar-refractivity contribution in [1.82, 2.24) is 4.90 Å². The number of carbonyl (C=O) groups excluding carboxylic acids is 2. The van der Waals surface area contributed by atoms with E-state index in [9.17, 15) is 9.59 Å². The molecule has 1 amide bonds. The van der Waals surface area contributed by atoms with Gasteiger partial charge in [-0.05, 0) is 42.8 Å². The SMILES string of the molecule is CCN1C(=O)C(=Cc2ccc(OC(=O)c3sc4cc(Cl)ccc4c3Cl)cc2)SC1=S. The van der Waals surface area contributed by atoms with Gasteiger partial charge < -0.3 is 4.74 Å². The van der Waals surface area contributed by atoms with Gasteiger partial charge in [-0.1, -0.05) is 65.4 Å². The second kappa shape index (κ2) is 8.69. The zero-order chi connectivity index (χ0) is 21.4. The summed E-state index contributed by atoms with van der Waals surface area (Å²) in [4.78, 5) is 27.4. The number of fused-ring (bicyclic) bond motifs is 1. The van der Waals surface area contributed by atoms with Crippen molar-refractivity contribution in [3.8, 4) is 5.75 Å². The van der Waals surface area contributed by atoms with Crippen molar-refractivity contribution in [3.63, 3.8) is 0 Å². The Balaban J connectivity index is 1.51. The molecule has 0 saturated carbocycles. The van der Waals surface area contributed by atoms with E-state index in [-0.39, 0.29) is 5.91 Å². The third-order valence-electron chi connectivity index (χ3n) is 4.36. The Morgan fingerprint density at radius 3 is 2.60 bits per heavy atom. The van der Waals surface area contributed by atoms with E-state index in [4.69, 9.17) is 40.2 Å². The maximum absolute atomic E-state index is 12.6. The summed E-state index contributed by atoms with van der Waals surface area (Å²) in [5, 5.41) is 1.69. The van der Waals surface area contributed by atoms with E-state index in [1.807, 2.05) is 6.92 Å². The highest BCUT2D eigenvalue weighted by Crippen LogP contribution is 2.37. The van der Waals surface area contributed by atoms with E-state index in [1.54, 1.807) is 53.4 Å². The summed E-state index contributed by atoms with van der Waals surface area (Å²) >= 11 is 20.1. The largest absolute Gasteiger partial charge is 0.422 e. The molecule has 152 valence electrons. The highest BCUT2D eigenvalue weighted by atomic mass is 35.5. The van der Waals surface area contributed by atoms with E-state index in [2.05, 4.69) is 0 Å². The van der Waals surface area contributed by atoms with Crippen LogP contribution in [0.1, 0.15) is 22.2 Å². The Hall–Kier alpha value is -1.90. The van der Waals surface area contributed by atoms with Gasteiger partial charge in [0.15, 0.2) is 0 Å². The number of thiocarbonyl (C=S) groups is 1. The molecule has 0 radical (unpaired) electrons. The van der Waals surface area contributed by atoms with Crippen molar-refractivity contribution in [2.24, 2.45) is 0 Å². The number of rotatable bonds is 4. The van der Waals surface area contributed by atoms with Gasteiger partial charge >= 0.3 is 5.97 Å². The lowest BCUT2D eigenvalue weighted by Gasteiger charge is -2.09. The van der Waals surface area contributed by atoms with Gasteiger partial charge in [0.05, 0.1) is 9.93 Å². The van der Waals surface area contributed by atoms with Crippen LogP contribution < -0.4 is 4.74 Å². The first kappa shape index (κ1) is 21.3. The topological polar surface area (TPSA) is 46.6 Å². The van der Waals surface area contributed by atoms with Gasteiger partial charge in [0.1, 0.15) is 14.9 Å². The van der Waals surface area contributed by atoms with Crippen LogP contribution in [-0.4, -0.2) is 27.6 Å². The van der Waals surface area contributed by atoms with Crippen molar-refractivity contribution in [2.75, 3.05) is 6.54 Å². The molecule has 1 aromatic heterocycles. The molecule has 1 saturated heterocycles. The van der Waals surface area contributed by atoms with E-state index >= 15 is 0 Å². The molecule has 4 nitrogen and oxygen atoms in total. The zero-order valence-corrected chi connectivity index (χ0v) is 19.4. The number of benzene rings is 2. The summed E-state index contributed by atoms with van der Waals surface area (Å²) in [6.07, 6.45) is 1.77. The Kier molecular flexibility index (Phi) is 6.18. The highest BCUT2D eigenvalue weighted by molar-refractivity contribution is 8.26. The van der Waals surface area contributed by atoms with Crippen LogP contribution in [0.3, 0.4) is 0 Å². The number of likely N-dealkylation sites (N-methyl/N-ethyl adjacent to an activating group) is 1. The molecule has 4 rings (SSSR count). The maximum Gasteiger partial charge on any atom is 0.355 e. The number of ether oxygens (including phenoxy) is 1. The zero-order valence-electron chi connectivity index (χ0n) is 15.5. The Bertz CT molecular complexity index is 1220. The van der Waals surface area contributed by atoms with Crippen molar-refractivity contribution in [2.45, 2.75) is 6.92 Å². The average molecular weight is 494 g/mol. The Labute approximate surface area is 196 Å². The lowest BCUT2D eigenvalue weighted by molar-refractivity contribution is -0.121. The molecule has 0 bridgehead atoms. The molecule has 3 aromatic rings. The first-order valence-corrected chi connectivity index (χ1v) is 11.6. The minimum atomic E-state index is -0.533. The fourth-order valence-corrected chi connectivity index (χ4v) is 5.92. The van der Waals surface area contributed by atoms with Crippen molar-refractivity contribution in [1.29, 1.82) is 0 Å². The van der Waals surface area contributed by atoms with E-state index < -0.39 is 5.97 Å². The summed E-state index contributed by atoms with van der Waals surface area (Å²) in [6.45, 7) is 2.43. The third kappa shape index (κ3) is 4.13. The Morgan fingerprint density at radius 1 is 1.20 bits per heavy atom. The van der Waals surface area contributed by atoms with Crippen molar-refractivity contribution in [3.05, 3.63) is 67.9 Å². The highest BCUT2D eigenvalue weighted by Gasteiger charge is 2.30. The number of hydrogen-bond acceptors (Lipinski definition) is 6. The predicted octanol–water partition coefficient (Wildman–Crippen LogP) is 6.65. The molecule has 2 heterocycles. The van der Waals surface area contributed by atoms with Crippen LogP contribution >= 0.6 is 58.5 Å². The number of thiophene rings is 1. The number of carbonyl (C=O) groups is 2. The molecule has 2 aromatic carbocycles. The minimum Gasteiger partial charge on any atom is -0.422 e. The fourth-order valence-electron chi connectivity index (χ4n) is 2.88. The summed E-state index contributed by atoms with van der Waals surface area (Å²) in [6, 6.07) is 12.2. The molecule has 0 atom stereocenters. The van der Waals surface area contributed by atoms with Gasteiger partial charge in [-0.25, -0.2) is 4.79 Å². The molecule has 1 aliphatic rings. The van der Waals surface area contributed by atoms with Crippen LogP contribution in [0.4, 0.5) is 0 Å². The van der Waals surface area contributed by atoms with E-state index in [1.165, 1.54) is 23.1 Å².